The Balaban J connectivity index is 2.24. The molecular weight excluding hydrogens is 294 g/mol. The largest absolute Gasteiger partial charge is 0.872 e. The molecule has 5 nitrogen and oxygen atoms in total. The first-order valence-electron chi connectivity index (χ1n) is 5.91. The number of hydrogen-bond donors (Lipinski definition) is 0. The second-order valence-electron chi connectivity index (χ2n) is 4.18. The molecular formula is C15H9ClNO4-. The van der Waals surface area contributed by atoms with Crippen LogP contribution in [0.3, 0.4) is 0 Å². The second kappa shape index (κ2) is 6.19. The zero-order chi connectivity index (χ0) is 15.4. The molecule has 0 saturated heterocycles. The van der Waals surface area contributed by atoms with Crippen molar-refractivity contribution in [1.82, 2.24) is 0 Å². The van der Waals surface area contributed by atoms with Crippen LogP contribution in [0, 0.1) is 10.1 Å². The van der Waals surface area contributed by atoms with E-state index in [4.69, 9.17) is 11.6 Å². The molecule has 0 spiro atoms. The standard InChI is InChI=1S/C15H10ClNO4/c16-12-4-1-10(2-5-12)14(18)7-3-11-9-13(17(20)21)6-8-15(11)19/h1-9,19H/p-1/b7-3+. The molecule has 0 amide bonds. The van der Waals surface area contributed by atoms with Crippen LogP contribution in [-0.2, 0) is 0 Å². The Morgan fingerprint density at radius 2 is 1.81 bits per heavy atom. The summed E-state index contributed by atoms with van der Waals surface area (Å²) in [5.74, 6) is -0.710. The molecule has 0 fully saturated rings. The Labute approximate surface area is 125 Å². The van der Waals surface area contributed by atoms with Gasteiger partial charge >= 0.3 is 0 Å². The van der Waals surface area contributed by atoms with Gasteiger partial charge in [-0.1, -0.05) is 23.7 Å². The summed E-state index contributed by atoms with van der Waals surface area (Å²) in [5, 5.41) is 22.8. The zero-order valence-electron chi connectivity index (χ0n) is 10.7. The van der Waals surface area contributed by atoms with Gasteiger partial charge in [0.1, 0.15) is 0 Å². The van der Waals surface area contributed by atoms with Gasteiger partial charge in [-0.3, -0.25) is 14.9 Å². The first-order chi connectivity index (χ1) is 9.97. The molecule has 0 radical (unpaired) electrons. The maximum atomic E-state index is 11.9. The molecule has 2 rings (SSSR count). The minimum atomic E-state index is -0.599. The molecule has 0 aromatic heterocycles. The molecule has 21 heavy (non-hydrogen) atoms. The number of nitrogens with zero attached hydrogens (tertiary/aromatic N) is 1. The molecule has 2 aromatic rings. The van der Waals surface area contributed by atoms with E-state index in [2.05, 4.69) is 0 Å². The topological polar surface area (TPSA) is 83.3 Å². The third kappa shape index (κ3) is 3.67. The minimum absolute atomic E-state index is 0.0894. The van der Waals surface area contributed by atoms with Crippen molar-refractivity contribution < 1.29 is 14.8 Å². The number of ketones is 1. The molecule has 2 aromatic carbocycles. The van der Waals surface area contributed by atoms with Crippen molar-refractivity contribution in [3.63, 3.8) is 0 Å². The van der Waals surface area contributed by atoms with Crippen molar-refractivity contribution in [1.29, 1.82) is 0 Å². The summed E-state index contributed by atoms with van der Waals surface area (Å²) in [7, 11) is 0. The fourth-order valence-corrected chi connectivity index (χ4v) is 1.78. The van der Waals surface area contributed by atoms with Gasteiger partial charge in [0.15, 0.2) is 5.78 Å². The van der Waals surface area contributed by atoms with Crippen molar-refractivity contribution in [3.05, 3.63) is 74.8 Å². The monoisotopic (exact) mass is 302 g/mol. The highest BCUT2D eigenvalue weighted by atomic mass is 35.5. The fourth-order valence-electron chi connectivity index (χ4n) is 1.66. The molecule has 106 valence electrons. The van der Waals surface area contributed by atoms with Gasteiger partial charge in [0.25, 0.3) is 5.69 Å². The van der Waals surface area contributed by atoms with Crippen molar-refractivity contribution >= 4 is 29.1 Å². The SMILES string of the molecule is O=C(/C=C/c1cc([N+](=O)[O-])ccc1[O-])c1ccc(Cl)cc1. The molecule has 0 aliphatic heterocycles. The van der Waals surface area contributed by atoms with Gasteiger partial charge in [0.05, 0.1) is 4.92 Å². The average molecular weight is 303 g/mol. The van der Waals surface area contributed by atoms with E-state index >= 15 is 0 Å². The number of non-ortho nitro benzene ring substituents is 1. The lowest BCUT2D eigenvalue weighted by Gasteiger charge is -2.08. The zero-order valence-corrected chi connectivity index (χ0v) is 11.4. The number of carbonyl (C=O) groups is 1. The highest BCUT2D eigenvalue weighted by molar-refractivity contribution is 6.30. The number of halogens is 1. The van der Waals surface area contributed by atoms with E-state index in [0.29, 0.717) is 10.6 Å². The quantitative estimate of drug-likeness (QED) is 0.376. The van der Waals surface area contributed by atoms with Crippen LogP contribution >= 0.6 is 11.6 Å². The van der Waals surface area contributed by atoms with Crippen LogP contribution in [0.2, 0.25) is 5.02 Å². The number of rotatable bonds is 4. The van der Waals surface area contributed by atoms with Gasteiger partial charge in [-0.25, -0.2) is 0 Å². The third-order valence-corrected chi connectivity index (χ3v) is 3.00. The van der Waals surface area contributed by atoms with E-state index in [1.165, 1.54) is 12.2 Å². The van der Waals surface area contributed by atoms with E-state index in [-0.39, 0.29) is 22.8 Å². The maximum absolute atomic E-state index is 11.9. The molecule has 6 heteroatoms. The van der Waals surface area contributed by atoms with Crippen LogP contribution in [-0.4, -0.2) is 10.7 Å². The van der Waals surface area contributed by atoms with Gasteiger partial charge in [-0.15, -0.1) is 5.75 Å². The summed E-state index contributed by atoms with van der Waals surface area (Å²) < 4.78 is 0. The lowest BCUT2D eigenvalue weighted by Crippen LogP contribution is -1.97. The normalized spacial score (nSPS) is 10.7. The van der Waals surface area contributed by atoms with Crippen LogP contribution in [0.4, 0.5) is 5.69 Å². The highest BCUT2D eigenvalue weighted by Gasteiger charge is 2.06. The number of nitro groups is 1. The predicted molar refractivity (Wildman–Crippen MR) is 77.4 cm³/mol. The maximum Gasteiger partial charge on any atom is 0.269 e. The Hall–Kier alpha value is -2.66. The number of nitro benzene ring substituents is 1. The van der Waals surface area contributed by atoms with E-state index in [1.54, 1.807) is 24.3 Å². The molecule has 0 aliphatic rings. The van der Waals surface area contributed by atoms with Gasteiger partial charge < -0.3 is 5.11 Å². The van der Waals surface area contributed by atoms with Gasteiger partial charge in [0.2, 0.25) is 0 Å². The van der Waals surface area contributed by atoms with E-state index in [0.717, 1.165) is 18.2 Å². The Morgan fingerprint density at radius 3 is 2.43 bits per heavy atom. The van der Waals surface area contributed by atoms with E-state index < -0.39 is 4.92 Å². The van der Waals surface area contributed by atoms with E-state index in [1.807, 2.05) is 0 Å². The smallest absolute Gasteiger partial charge is 0.269 e. The fraction of sp³-hybridized carbons (Fsp3) is 0. The van der Waals surface area contributed by atoms with Crippen molar-refractivity contribution in [3.8, 4) is 5.75 Å². The second-order valence-corrected chi connectivity index (χ2v) is 4.62. The number of benzene rings is 2. The summed E-state index contributed by atoms with van der Waals surface area (Å²) >= 11 is 5.72. The average Bonchev–Trinajstić information content (AvgIpc) is 2.46. The number of hydrogen-bond acceptors (Lipinski definition) is 4. The summed E-state index contributed by atoms with van der Waals surface area (Å²) in [6.07, 6.45) is 2.47. The Kier molecular flexibility index (Phi) is 4.35. The third-order valence-electron chi connectivity index (χ3n) is 2.75. The van der Waals surface area contributed by atoms with Crippen LogP contribution in [0.5, 0.6) is 5.75 Å². The first-order valence-corrected chi connectivity index (χ1v) is 6.28. The number of allylic oxidation sites excluding steroid dienone is 1. The summed E-state index contributed by atoms with van der Waals surface area (Å²) in [6.45, 7) is 0. The lowest BCUT2D eigenvalue weighted by atomic mass is 10.1. The Morgan fingerprint density at radius 1 is 1.14 bits per heavy atom. The van der Waals surface area contributed by atoms with Crippen molar-refractivity contribution in [2.24, 2.45) is 0 Å². The van der Waals surface area contributed by atoms with Crippen LogP contribution < -0.4 is 5.11 Å². The van der Waals surface area contributed by atoms with Gasteiger partial charge in [0, 0.05) is 22.7 Å². The lowest BCUT2D eigenvalue weighted by molar-refractivity contribution is -0.385. The molecule has 0 bridgehead atoms. The first kappa shape index (κ1) is 14.7. The predicted octanol–water partition coefficient (Wildman–Crippen LogP) is 3.22. The van der Waals surface area contributed by atoms with Gasteiger partial charge in [-0.2, -0.15) is 0 Å². The van der Waals surface area contributed by atoms with E-state index in [9.17, 15) is 20.0 Å². The Bertz CT molecular complexity index is 723. The van der Waals surface area contributed by atoms with Crippen molar-refractivity contribution in [2.45, 2.75) is 0 Å². The highest BCUT2D eigenvalue weighted by Crippen LogP contribution is 2.22. The van der Waals surface area contributed by atoms with Crippen LogP contribution in [0.15, 0.2) is 48.5 Å². The molecule has 0 atom stereocenters. The molecule has 0 unspecified atom stereocenters. The molecule has 0 saturated carbocycles. The van der Waals surface area contributed by atoms with Crippen LogP contribution in [0.25, 0.3) is 6.08 Å². The van der Waals surface area contributed by atoms with Crippen molar-refractivity contribution in [2.75, 3.05) is 0 Å². The molecule has 0 heterocycles. The van der Waals surface area contributed by atoms with Gasteiger partial charge in [-0.05, 0) is 35.9 Å². The molecule has 0 N–H and O–H groups in total. The summed E-state index contributed by atoms with van der Waals surface area (Å²) in [4.78, 5) is 22.0. The summed E-state index contributed by atoms with van der Waals surface area (Å²) in [6, 6.07) is 9.63. The van der Waals surface area contributed by atoms with Crippen LogP contribution in [0.1, 0.15) is 15.9 Å². The minimum Gasteiger partial charge on any atom is -0.872 e. The summed E-state index contributed by atoms with van der Waals surface area (Å²) in [5.41, 5.74) is 0.299. The molecule has 0 aliphatic carbocycles. The number of carbonyl (C=O) groups excluding carboxylic acids is 1.